The van der Waals surface area contributed by atoms with Crippen LogP contribution in [0.5, 0.6) is 0 Å². The number of amides is 3. The minimum absolute atomic E-state index is 0.115. The number of urea groups is 1. The van der Waals surface area contributed by atoms with Gasteiger partial charge in [0.05, 0.1) is 22.9 Å². The maximum absolute atomic E-state index is 13.2. The second-order valence-electron chi connectivity index (χ2n) is 13.7. The molecule has 0 aliphatic carbocycles. The molecule has 3 fully saturated rings. The number of fused-ring (bicyclic) bond motifs is 2. The van der Waals surface area contributed by atoms with E-state index in [4.69, 9.17) is 0 Å². The number of rotatable bonds is 10. The largest absolute Gasteiger partial charge is 0.351 e. The summed E-state index contributed by atoms with van der Waals surface area (Å²) in [7, 11) is -1.45. The fraction of sp³-hybridized carbons (Fsp3) is 0.576. The van der Waals surface area contributed by atoms with E-state index in [0.717, 1.165) is 54.4 Å². The van der Waals surface area contributed by atoms with Crippen LogP contribution in [0.15, 0.2) is 30.6 Å². The van der Waals surface area contributed by atoms with Crippen LogP contribution < -0.4 is 15.5 Å². The first-order valence-electron chi connectivity index (χ1n) is 17.3. The zero-order valence-corrected chi connectivity index (χ0v) is 29.2. The zero-order valence-electron chi connectivity index (χ0n) is 28.4. The van der Waals surface area contributed by atoms with Gasteiger partial charge in [-0.2, -0.15) is 15.2 Å². The molecule has 16 heteroatoms. The van der Waals surface area contributed by atoms with Crippen LogP contribution in [-0.4, -0.2) is 110 Å². The van der Waals surface area contributed by atoms with Gasteiger partial charge in [-0.1, -0.05) is 6.07 Å². The number of aromatic nitrogens is 6. The van der Waals surface area contributed by atoms with Gasteiger partial charge in [-0.3, -0.25) is 19.7 Å². The van der Waals surface area contributed by atoms with Gasteiger partial charge >= 0.3 is 6.03 Å². The number of aryl methyl sites for hydroxylation is 1. The molecule has 49 heavy (non-hydrogen) atoms. The smallest absolute Gasteiger partial charge is 0.329 e. The van der Waals surface area contributed by atoms with Crippen LogP contribution >= 0.6 is 0 Å². The second-order valence-corrected chi connectivity index (χ2v) is 15.8. The molecule has 3 amide bonds. The van der Waals surface area contributed by atoms with E-state index in [1.807, 2.05) is 17.8 Å². The van der Waals surface area contributed by atoms with Crippen molar-refractivity contribution in [3.63, 3.8) is 0 Å². The minimum atomic E-state index is -3.33. The molecule has 3 aliphatic heterocycles. The van der Waals surface area contributed by atoms with Gasteiger partial charge in [0.2, 0.25) is 21.9 Å². The van der Waals surface area contributed by atoms with E-state index in [0.29, 0.717) is 56.6 Å². The number of hydrogen-bond acceptors (Lipinski definition) is 10. The third-order valence-corrected chi connectivity index (χ3v) is 12.1. The summed E-state index contributed by atoms with van der Waals surface area (Å²) in [5, 5.41) is 16.6. The van der Waals surface area contributed by atoms with Crippen molar-refractivity contribution in [1.29, 1.82) is 0 Å². The van der Waals surface area contributed by atoms with Crippen molar-refractivity contribution in [2.75, 3.05) is 55.2 Å². The number of nitrogens with zero attached hydrogens (tertiary/aromatic N) is 9. The lowest BCUT2D eigenvalue weighted by atomic mass is 9.89. The van der Waals surface area contributed by atoms with E-state index in [-0.39, 0.29) is 30.2 Å². The summed E-state index contributed by atoms with van der Waals surface area (Å²) in [6.45, 7) is 8.03. The van der Waals surface area contributed by atoms with Gasteiger partial charge in [0.25, 0.3) is 0 Å². The first kappa shape index (κ1) is 33.4. The van der Waals surface area contributed by atoms with Gasteiger partial charge in [0.15, 0.2) is 11.5 Å². The summed E-state index contributed by atoms with van der Waals surface area (Å²) in [4.78, 5) is 37.1. The van der Waals surface area contributed by atoms with Gasteiger partial charge in [0, 0.05) is 56.8 Å². The highest BCUT2D eigenvalue weighted by Gasteiger charge is 2.30. The van der Waals surface area contributed by atoms with Crippen molar-refractivity contribution < 1.29 is 18.0 Å². The van der Waals surface area contributed by atoms with Crippen molar-refractivity contribution in [2.45, 2.75) is 70.4 Å². The summed E-state index contributed by atoms with van der Waals surface area (Å²) in [5.41, 5.74) is 2.99. The topological polar surface area (TPSA) is 163 Å². The van der Waals surface area contributed by atoms with Crippen molar-refractivity contribution in [2.24, 2.45) is 7.05 Å². The zero-order chi connectivity index (χ0) is 34.3. The molecule has 3 aliphatic rings. The Hall–Kier alpha value is -4.15. The Labute approximate surface area is 286 Å². The molecule has 0 bridgehead atoms. The highest BCUT2D eigenvalue weighted by atomic mass is 32.2. The molecule has 0 radical (unpaired) electrons. The fourth-order valence-corrected chi connectivity index (χ4v) is 8.83. The molecule has 6 heterocycles. The molecular formula is C33H45N11O4S. The van der Waals surface area contributed by atoms with Crippen LogP contribution in [0, 0.1) is 0 Å². The van der Waals surface area contributed by atoms with Crippen LogP contribution in [0.3, 0.4) is 0 Å². The average molecular weight is 692 g/mol. The van der Waals surface area contributed by atoms with Gasteiger partial charge in [-0.05, 0) is 89.2 Å². The van der Waals surface area contributed by atoms with Crippen molar-refractivity contribution in [1.82, 2.24) is 44.1 Å². The minimum Gasteiger partial charge on any atom is -0.351 e. The van der Waals surface area contributed by atoms with E-state index in [1.165, 1.54) is 10.5 Å². The molecule has 7 rings (SSSR count). The van der Waals surface area contributed by atoms with Crippen LogP contribution in [0.4, 0.5) is 16.6 Å². The maximum atomic E-state index is 13.2. The highest BCUT2D eigenvalue weighted by Crippen LogP contribution is 2.33. The molecule has 2 N–H and O–H groups in total. The highest BCUT2D eigenvalue weighted by molar-refractivity contribution is 7.89. The monoisotopic (exact) mass is 691 g/mol. The van der Waals surface area contributed by atoms with Crippen molar-refractivity contribution >= 4 is 55.7 Å². The summed E-state index contributed by atoms with van der Waals surface area (Å²) >= 11 is 0. The predicted octanol–water partition coefficient (Wildman–Crippen LogP) is 3.22. The lowest BCUT2D eigenvalue weighted by Gasteiger charge is -2.33. The van der Waals surface area contributed by atoms with Crippen LogP contribution in [-0.2, 0) is 21.9 Å². The van der Waals surface area contributed by atoms with E-state index >= 15 is 0 Å². The van der Waals surface area contributed by atoms with E-state index in [9.17, 15) is 18.0 Å². The third kappa shape index (κ3) is 6.99. The Balaban J connectivity index is 0.864. The van der Waals surface area contributed by atoms with Gasteiger partial charge in [0.1, 0.15) is 0 Å². The number of likely N-dealkylation sites (tertiary alicyclic amines) is 1. The van der Waals surface area contributed by atoms with Crippen LogP contribution in [0.25, 0.3) is 21.9 Å². The maximum Gasteiger partial charge on any atom is 0.329 e. The number of carbonyl (C=O) groups is 2. The van der Waals surface area contributed by atoms with Crippen LogP contribution in [0.1, 0.15) is 69.9 Å². The molecule has 0 saturated carbocycles. The Morgan fingerprint density at radius 3 is 2.53 bits per heavy atom. The number of sulfonamides is 1. The van der Waals surface area contributed by atoms with E-state index in [1.54, 1.807) is 21.4 Å². The lowest BCUT2D eigenvalue weighted by Crippen LogP contribution is -2.49. The first-order valence-corrected chi connectivity index (χ1v) is 18.9. The Kier molecular flexibility index (Phi) is 9.28. The van der Waals surface area contributed by atoms with Gasteiger partial charge < -0.3 is 10.2 Å². The molecular weight excluding hydrogens is 647 g/mol. The molecule has 1 aromatic carbocycles. The molecule has 3 aromatic heterocycles. The third-order valence-electron chi connectivity index (χ3n) is 10.1. The number of imide groups is 1. The van der Waals surface area contributed by atoms with Gasteiger partial charge in [-0.25, -0.2) is 27.2 Å². The molecule has 0 unspecified atom stereocenters. The Morgan fingerprint density at radius 1 is 1.02 bits per heavy atom. The molecule has 4 aromatic rings. The average Bonchev–Trinajstić information content (AvgIpc) is 3.66. The standard InChI is InChI=1S/C33H45N11O4S/c1-22(2)44-30-25(21-35-44)20-34-32(38-30)36-26-9-15-42(16-10-26)49(47,48)18-4-12-41-13-7-23(8-14-41)24-5-6-27-28(19-24)40(3)39-31(27)43-17-11-29(45)37-33(43)46/h5-6,19-23,26H,4,7-18H2,1-3H3,(H,34,36,38)(H,37,45,46). The number of carbonyl (C=O) groups excluding carboxylic acids is 2. The Bertz CT molecular complexity index is 1960. The van der Waals surface area contributed by atoms with E-state index in [2.05, 4.69) is 61.7 Å². The SMILES string of the molecule is CC(C)n1ncc2cnc(NC3CCN(S(=O)(=O)CCCN4CCC(c5ccc6c(N7CCC(=O)NC7=O)nn(C)c6c5)CC4)CC3)nc21. The predicted molar refractivity (Wildman–Crippen MR) is 187 cm³/mol. The number of nitrogens with one attached hydrogen (secondary N) is 2. The summed E-state index contributed by atoms with van der Waals surface area (Å²) in [6, 6.07) is 6.19. The molecule has 0 spiro atoms. The molecule has 0 atom stereocenters. The molecule has 15 nitrogen and oxygen atoms in total. The van der Waals surface area contributed by atoms with E-state index < -0.39 is 16.1 Å². The summed E-state index contributed by atoms with van der Waals surface area (Å²) < 4.78 is 31.8. The fourth-order valence-electron chi connectivity index (χ4n) is 7.31. The van der Waals surface area contributed by atoms with Crippen molar-refractivity contribution in [3.8, 4) is 0 Å². The normalized spacial score (nSPS) is 19.4. The Morgan fingerprint density at radius 2 is 1.80 bits per heavy atom. The van der Waals surface area contributed by atoms with Crippen molar-refractivity contribution in [3.05, 3.63) is 36.2 Å². The van der Waals surface area contributed by atoms with Crippen LogP contribution in [0.2, 0.25) is 0 Å². The summed E-state index contributed by atoms with van der Waals surface area (Å²) in [5.74, 6) is 1.41. The number of anilines is 2. The number of hydrogen-bond donors (Lipinski definition) is 2. The quantitative estimate of drug-likeness (QED) is 0.253. The number of benzene rings is 1. The summed E-state index contributed by atoms with van der Waals surface area (Å²) in [6.07, 6.45) is 7.83. The number of piperidine rings is 2. The molecule has 3 saturated heterocycles. The first-order chi connectivity index (χ1) is 23.6. The second kappa shape index (κ2) is 13.6. The molecule has 262 valence electrons. The van der Waals surface area contributed by atoms with Gasteiger partial charge in [-0.15, -0.1) is 0 Å². The lowest BCUT2D eigenvalue weighted by molar-refractivity contribution is -0.120.